The second kappa shape index (κ2) is 8.79. The fourth-order valence-corrected chi connectivity index (χ4v) is 5.57. The summed E-state index contributed by atoms with van der Waals surface area (Å²) in [7, 11) is 1.58. The van der Waals surface area contributed by atoms with Crippen LogP contribution in [-0.2, 0) is 19.1 Å². The highest BCUT2D eigenvalue weighted by Crippen LogP contribution is 2.59. The number of fused-ring (bicyclic) bond motifs is 1. The highest BCUT2D eigenvalue weighted by molar-refractivity contribution is 5.87. The number of benzene rings is 1. The molecule has 2 aliphatic rings. The third-order valence-electron chi connectivity index (χ3n) is 7.05. The number of ether oxygens (including phenoxy) is 2. The van der Waals surface area contributed by atoms with Gasteiger partial charge in [0, 0.05) is 23.0 Å². The molecule has 1 aromatic rings. The quantitative estimate of drug-likeness (QED) is 0.426. The number of hydrogen-bond donors (Lipinski definition) is 1. The van der Waals surface area contributed by atoms with Crippen molar-refractivity contribution in [2.75, 3.05) is 7.11 Å². The van der Waals surface area contributed by atoms with Crippen LogP contribution in [0.15, 0.2) is 42.0 Å². The fraction of sp³-hybridized carbons (Fsp3) is 0.480. The maximum atomic E-state index is 12.6. The van der Waals surface area contributed by atoms with Crippen LogP contribution in [0.2, 0.25) is 0 Å². The lowest BCUT2D eigenvalue weighted by molar-refractivity contribution is -0.187. The van der Waals surface area contributed by atoms with Crippen LogP contribution in [-0.4, -0.2) is 43.0 Å². The summed E-state index contributed by atoms with van der Waals surface area (Å²) in [6.45, 7) is 5.94. The van der Waals surface area contributed by atoms with Crippen LogP contribution in [0, 0.1) is 22.7 Å². The van der Waals surface area contributed by atoms with Gasteiger partial charge in [0.15, 0.2) is 0 Å². The lowest BCUT2D eigenvalue weighted by Gasteiger charge is -2.59. The second-order valence-corrected chi connectivity index (χ2v) is 9.29. The number of allylic oxidation sites excluding steroid dienone is 1. The molecule has 6 nitrogen and oxygen atoms in total. The molecule has 1 unspecified atom stereocenters. The third kappa shape index (κ3) is 4.22. The van der Waals surface area contributed by atoms with Crippen molar-refractivity contribution >= 4 is 24.6 Å². The van der Waals surface area contributed by atoms with E-state index in [1.807, 2.05) is 32.9 Å². The van der Waals surface area contributed by atoms with Crippen molar-refractivity contribution in [3.8, 4) is 5.75 Å². The van der Waals surface area contributed by atoms with E-state index in [1.54, 1.807) is 25.3 Å². The van der Waals surface area contributed by atoms with Gasteiger partial charge in [-0.05, 0) is 48.1 Å². The number of hydrogen-bond acceptors (Lipinski definition) is 6. The SMILES string of the molecule is COc1ccc(/C=C/C(=O)OC2CCC(C)(C)[C@@H]3[C@@H](O)C=C(C=O)[C@H](C=O)[C@@]23C)cc1. The van der Waals surface area contributed by atoms with Crippen LogP contribution in [0.4, 0.5) is 0 Å². The molecule has 1 saturated carbocycles. The van der Waals surface area contributed by atoms with Gasteiger partial charge >= 0.3 is 5.97 Å². The molecular weight excluding hydrogens is 396 g/mol. The van der Waals surface area contributed by atoms with Gasteiger partial charge in [-0.25, -0.2) is 4.79 Å². The Morgan fingerprint density at radius 3 is 2.42 bits per heavy atom. The van der Waals surface area contributed by atoms with Crippen molar-refractivity contribution < 1.29 is 29.0 Å². The summed E-state index contributed by atoms with van der Waals surface area (Å²) >= 11 is 0. The van der Waals surface area contributed by atoms with E-state index in [2.05, 4.69) is 0 Å². The van der Waals surface area contributed by atoms with Crippen molar-refractivity contribution in [2.24, 2.45) is 22.7 Å². The zero-order valence-electron chi connectivity index (χ0n) is 18.4. The number of carbonyl (C=O) groups is 3. The zero-order chi connectivity index (χ0) is 22.8. The molecule has 0 aliphatic heterocycles. The molecule has 1 aromatic carbocycles. The molecule has 0 aromatic heterocycles. The molecule has 1 N–H and O–H groups in total. The van der Waals surface area contributed by atoms with Crippen molar-refractivity contribution in [2.45, 2.75) is 45.8 Å². The number of rotatable bonds is 6. The first-order chi connectivity index (χ1) is 14.7. The molecule has 2 aliphatic carbocycles. The summed E-state index contributed by atoms with van der Waals surface area (Å²) in [5.41, 5.74) is -0.120. The Kier molecular flexibility index (Phi) is 6.51. The average Bonchev–Trinajstić information content (AvgIpc) is 2.74. The molecule has 1 fully saturated rings. The highest BCUT2D eigenvalue weighted by atomic mass is 16.5. The lowest BCUT2D eigenvalue weighted by Crippen LogP contribution is -2.61. The number of aldehydes is 2. The normalized spacial score (nSPS) is 32.0. The first-order valence-electron chi connectivity index (χ1n) is 10.5. The van der Waals surface area contributed by atoms with Gasteiger partial charge in [0.25, 0.3) is 0 Å². The van der Waals surface area contributed by atoms with E-state index in [-0.39, 0.29) is 16.9 Å². The predicted molar refractivity (Wildman–Crippen MR) is 116 cm³/mol. The minimum Gasteiger partial charge on any atom is -0.497 e. The molecule has 31 heavy (non-hydrogen) atoms. The van der Waals surface area contributed by atoms with Crippen LogP contribution in [0.5, 0.6) is 5.75 Å². The first kappa shape index (κ1) is 22.9. The van der Waals surface area contributed by atoms with Gasteiger partial charge in [-0.15, -0.1) is 0 Å². The van der Waals surface area contributed by atoms with Crippen LogP contribution in [0.25, 0.3) is 6.08 Å². The van der Waals surface area contributed by atoms with Crippen molar-refractivity contribution in [3.63, 3.8) is 0 Å². The topological polar surface area (TPSA) is 89.9 Å². The van der Waals surface area contributed by atoms with Crippen molar-refractivity contribution in [1.29, 1.82) is 0 Å². The molecule has 0 bridgehead atoms. The highest BCUT2D eigenvalue weighted by Gasteiger charge is 2.61. The number of methoxy groups -OCH3 is 1. The van der Waals surface area contributed by atoms with Crippen LogP contribution in [0.1, 0.15) is 39.2 Å². The van der Waals surface area contributed by atoms with E-state index >= 15 is 0 Å². The van der Waals surface area contributed by atoms with Gasteiger partial charge < -0.3 is 19.4 Å². The molecule has 0 heterocycles. The summed E-state index contributed by atoms with van der Waals surface area (Å²) in [4.78, 5) is 36.3. The number of carbonyl (C=O) groups excluding carboxylic acids is 3. The summed E-state index contributed by atoms with van der Waals surface area (Å²) in [5.74, 6) is -0.891. The third-order valence-corrected chi connectivity index (χ3v) is 7.05. The van der Waals surface area contributed by atoms with E-state index < -0.39 is 29.5 Å². The van der Waals surface area contributed by atoms with E-state index in [1.165, 1.54) is 12.2 Å². The molecule has 3 rings (SSSR count). The molecular formula is C25H30O6. The zero-order valence-corrected chi connectivity index (χ0v) is 18.4. The average molecular weight is 427 g/mol. The Labute approximate surface area is 182 Å². The van der Waals surface area contributed by atoms with Gasteiger partial charge in [0.2, 0.25) is 0 Å². The molecule has 5 atom stereocenters. The lowest BCUT2D eigenvalue weighted by atomic mass is 9.47. The summed E-state index contributed by atoms with van der Waals surface area (Å²) < 4.78 is 11.0. The molecule has 0 amide bonds. The Balaban J connectivity index is 1.87. The number of esters is 1. The Bertz CT molecular complexity index is 897. The van der Waals surface area contributed by atoms with Crippen molar-refractivity contribution in [1.82, 2.24) is 0 Å². The maximum Gasteiger partial charge on any atom is 0.331 e. The number of aliphatic hydroxyl groups is 1. The Morgan fingerprint density at radius 1 is 1.16 bits per heavy atom. The predicted octanol–water partition coefficient (Wildman–Crippen LogP) is 3.38. The van der Waals surface area contributed by atoms with Gasteiger partial charge in [-0.2, -0.15) is 0 Å². The Hall–Kier alpha value is -2.73. The van der Waals surface area contributed by atoms with Crippen LogP contribution in [0.3, 0.4) is 0 Å². The van der Waals surface area contributed by atoms with Gasteiger partial charge in [-0.3, -0.25) is 4.79 Å². The van der Waals surface area contributed by atoms with E-state index in [9.17, 15) is 19.5 Å². The second-order valence-electron chi connectivity index (χ2n) is 9.29. The van der Waals surface area contributed by atoms with Gasteiger partial charge in [-0.1, -0.05) is 32.9 Å². The van der Waals surface area contributed by atoms with Gasteiger partial charge in [0.1, 0.15) is 24.4 Å². The molecule has 6 heteroatoms. The van der Waals surface area contributed by atoms with E-state index in [4.69, 9.17) is 9.47 Å². The minimum absolute atomic E-state index is 0.244. The largest absolute Gasteiger partial charge is 0.497 e. The standard InChI is InChI=1S/C25H30O6/c1-24(2)12-11-21(25(3)19(15-27)17(14-26)13-20(28)23(24)25)31-22(29)10-7-16-5-8-18(30-4)9-6-16/h5-10,13-15,19-21,23,28H,11-12H2,1-4H3/b10-7+/t19-,20-,21?,23-,25-/m0/s1. The summed E-state index contributed by atoms with van der Waals surface area (Å²) in [6, 6.07) is 7.24. The van der Waals surface area contributed by atoms with Crippen molar-refractivity contribution in [3.05, 3.63) is 47.6 Å². The fourth-order valence-electron chi connectivity index (χ4n) is 5.57. The molecule has 0 saturated heterocycles. The monoisotopic (exact) mass is 426 g/mol. The molecule has 166 valence electrons. The van der Waals surface area contributed by atoms with Crippen LogP contribution < -0.4 is 4.74 Å². The molecule has 0 spiro atoms. The first-order valence-corrected chi connectivity index (χ1v) is 10.5. The summed E-state index contributed by atoms with van der Waals surface area (Å²) in [5, 5.41) is 10.9. The number of aliphatic hydroxyl groups excluding tert-OH is 1. The minimum atomic E-state index is -0.896. The molecule has 0 radical (unpaired) electrons. The Morgan fingerprint density at radius 2 is 1.84 bits per heavy atom. The smallest absolute Gasteiger partial charge is 0.331 e. The van der Waals surface area contributed by atoms with E-state index in [0.717, 1.165) is 24.0 Å². The van der Waals surface area contributed by atoms with Crippen LogP contribution >= 0.6 is 0 Å². The maximum absolute atomic E-state index is 12.6. The summed E-state index contributed by atoms with van der Waals surface area (Å²) in [6.07, 6.45) is 5.62. The van der Waals surface area contributed by atoms with E-state index in [0.29, 0.717) is 12.7 Å². The van der Waals surface area contributed by atoms with Gasteiger partial charge in [0.05, 0.1) is 19.1 Å².